The maximum Gasteiger partial charge on any atom is 0.224 e. The van der Waals surface area contributed by atoms with Gasteiger partial charge in [-0.25, -0.2) is 0 Å². The van der Waals surface area contributed by atoms with Gasteiger partial charge < -0.3 is 15.4 Å². The molecule has 2 rings (SSSR count). The Labute approximate surface area is 124 Å². The number of nitrogens with one attached hydrogen (secondary N) is 2. The molecule has 1 aromatic rings. The monoisotopic (exact) mass is 296 g/mol. The first-order valence-electron chi connectivity index (χ1n) is 7.03. The average molecular weight is 297 g/mol. The van der Waals surface area contributed by atoms with Crippen LogP contribution in [0.15, 0.2) is 18.2 Å². The molecular formula is C15H21ClN2O2. The smallest absolute Gasteiger partial charge is 0.224 e. The van der Waals surface area contributed by atoms with Gasteiger partial charge in [0.2, 0.25) is 5.91 Å². The van der Waals surface area contributed by atoms with Crippen LogP contribution in [0.2, 0.25) is 5.02 Å². The number of rotatable bonds is 5. The van der Waals surface area contributed by atoms with E-state index in [2.05, 4.69) is 10.6 Å². The third-order valence-electron chi connectivity index (χ3n) is 3.61. The van der Waals surface area contributed by atoms with Crippen molar-refractivity contribution >= 4 is 23.2 Å². The molecule has 1 aliphatic heterocycles. The van der Waals surface area contributed by atoms with Gasteiger partial charge in [0.1, 0.15) is 5.75 Å². The molecule has 0 spiro atoms. The molecule has 110 valence electrons. The number of piperidine rings is 1. The van der Waals surface area contributed by atoms with E-state index in [4.69, 9.17) is 16.3 Å². The van der Waals surface area contributed by atoms with E-state index in [0.717, 1.165) is 19.5 Å². The van der Waals surface area contributed by atoms with Gasteiger partial charge in [0, 0.05) is 12.1 Å². The first kappa shape index (κ1) is 15.1. The van der Waals surface area contributed by atoms with Crippen molar-refractivity contribution < 1.29 is 9.53 Å². The van der Waals surface area contributed by atoms with Gasteiger partial charge in [-0.3, -0.25) is 4.79 Å². The number of hydrogen-bond donors (Lipinski definition) is 2. The molecule has 20 heavy (non-hydrogen) atoms. The van der Waals surface area contributed by atoms with Crippen molar-refractivity contribution in [2.24, 2.45) is 5.92 Å². The van der Waals surface area contributed by atoms with Gasteiger partial charge in [-0.1, -0.05) is 11.6 Å². The van der Waals surface area contributed by atoms with Crippen LogP contribution in [0.5, 0.6) is 5.75 Å². The van der Waals surface area contributed by atoms with E-state index in [-0.39, 0.29) is 5.91 Å². The molecule has 1 amide bonds. The van der Waals surface area contributed by atoms with Gasteiger partial charge in [-0.05, 0) is 56.5 Å². The number of benzene rings is 1. The quantitative estimate of drug-likeness (QED) is 0.878. The van der Waals surface area contributed by atoms with Crippen molar-refractivity contribution in [1.82, 2.24) is 5.32 Å². The number of amides is 1. The zero-order valence-corrected chi connectivity index (χ0v) is 12.5. The largest absolute Gasteiger partial charge is 0.495 e. The van der Waals surface area contributed by atoms with E-state index >= 15 is 0 Å². The minimum Gasteiger partial charge on any atom is -0.495 e. The second-order valence-electron chi connectivity index (χ2n) is 5.15. The molecule has 1 heterocycles. The molecule has 1 aliphatic rings. The summed E-state index contributed by atoms with van der Waals surface area (Å²) in [5, 5.41) is 6.74. The fourth-order valence-corrected chi connectivity index (χ4v) is 2.73. The lowest BCUT2D eigenvalue weighted by Gasteiger charge is -2.22. The molecule has 0 saturated carbocycles. The normalized spacial score (nSPS) is 18.6. The van der Waals surface area contributed by atoms with Gasteiger partial charge in [0.25, 0.3) is 0 Å². The molecule has 1 aromatic carbocycles. The van der Waals surface area contributed by atoms with Crippen LogP contribution in [0.1, 0.15) is 25.7 Å². The van der Waals surface area contributed by atoms with Gasteiger partial charge in [-0.2, -0.15) is 0 Å². The minimum atomic E-state index is 0.0387. The summed E-state index contributed by atoms with van der Waals surface area (Å²) >= 11 is 6.03. The third-order valence-corrected chi connectivity index (χ3v) is 3.91. The summed E-state index contributed by atoms with van der Waals surface area (Å²) in [4.78, 5) is 11.9. The Morgan fingerprint density at radius 2 is 2.40 bits per heavy atom. The highest BCUT2D eigenvalue weighted by molar-refractivity contribution is 6.32. The van der Waals surface area contributed by atoms with Crippen LogP contribution in [-0.4, -0.2) is 26.1 Å². The molecule has 1 saturated heterocycles. The van der Waals surface area contributed by atoms with Crippen molar-refractivity contribution in [3.05, 3.63) is 23.2 Å². The van der Waals surface area contributed by atoms with E-state index in [1.54, 1.807) is 25.3 Å². The predicted octanol–water partition coefficient (Wildman–Crippen LogP) is 3.07. The Morgan fingerprint density at radius 3 is 3.05 bits per heavy atom. The summed E-state index contributed by atoms with van der Waals surface area (Å²) < 4.78 is 5.08. The number of hydrogen-bond acceptors (Lipinski definition) is 3. The van der Waals surface area contributed by atoms with E-state index in [1.165, 1.54) is 12.8 Å². The second kappa shape index (κ2) is 7.50. The highest BCUT2D eigenvalue weighted by Gasteiger charge is 2.14. The van der Waals surface area contributed by atoms with Crippen molar-refractivity contribution in [3.63, 3.8) is 0 Å². The number of carbonyl (C=O) groups is 1. The highest BCUT2D eigenvalue weighted by atomic mass is 35.5. The van der Waals surface area contributed by atoms with Crippen molar-refractivity contribution in [3.8, 4) is 5.75 Å². The summed E-state index contributed by atoms with van der Waals surface area (Å²) in [5.41, 5.74) is 0.711. The molecule has 0 bridgehead atoms. The Morgan fingerprint density at radius 1 is 1.55 bits per heavy atom. The molecule has 5 heteroatoms. The number of ether oxygens (including phenoxy) is 1. The Bertz CT molecular complexity index is 459. The second-order valence-corrected chi connectivity index (χ2v) is 5.56. The van der Waals surface area contributed by atoms with Crippen molar-refractivity contribution in [2.45, 2.75) is 25.7 Å². The topological polar surface area (TPSA) is 50.4 Å². The maximum absolute atomic E-state index is 11.9. The van der Waals surface area contributed by atoms with Crippen molar-refractivity contribution in [1.29, 1.82) is 0 Å². The molecule has 0 aromatic heterocycles. The van der Waals surface area contributed by atoms with E-state index in [0.29, 0.717) is 28.8 Å². The Kier molecular flexibility index (Phi) is 5.68. The highest BCUT2D eigenvalue weighted by Crippen LogP contribution is 2.27. The summed E-state index contributed by atoms with van der Waals surface area (Å²) in [7, 11) is 1.57. The number of carbonyl (C=O) groups excluding carboxylic acids is 1. The molecule has 4 nitrogen and oxygen atoms in total. The van der Waals surface area contributed by atoms with Crippen molar-refractivity contribution in [2.75, 3.05) is 25.5 Å². The van der Waals surface area contributed by atoms with Gasteiger partial charge in [0.15, 0.2) is 0 Å². The van der Waals surface area contributed by atoms with Crippen LogP contribution in [0.4, 0.5) is 5.69 Å². The lowest BCUT2D eigenvalue weighted by Crippen LogP contribution is -2.30. The Hall–Kier alpha value is -1.26. The molecule has 1 atom stereocenters. The van der Waals surface area contributed by atoms with Crippen LogP contribution in [0, 0.1) is 5.92 Å². The van der Waals surface area contributed by atoms with Crippen LogP contribution in [0.25, 0.3) is 0 Å². The van der Waals surface area contributed by atoms with E-state index < -0.39 is 0 Å². The summed E-state index contributed by atoms with van der Waals surface area (Å²) in [5.74, 6) is 1.27. The Balaban J connectivity index is 1.80. The molecule has 2 N–H and O–H groups in total. The predicted molar refractivity (Wildman–Crippen MR) is 81.5 cm³/mol. The van der Waals surface area contributed by atoms with Crippen LogP contribution in [0.3, 0.4) is 0 Å². The zero-order valence-electron chi connectivity index (χ0n) is 11.7. The SMILES string of the molecule is COc1ccc(NC(=O)CCC2CCCNC2)cc1Cl. The third kappa shape index (κ3) is 4.39. The number of methoxy groups -OCH3 is 1. The van der Waals surface area contributed by atoms with E-state index in [9.17, 15) is 4.79 Å². The summed E-state index contributed by atoms with van der Waals surface area (Å²) in [6.45, 7) is 2.13. The van der Waals surface area contributed by atoms with Crippen LogP contribution in [-0.2, 0) is 4.79 Å². The zero-order chi connectivity index (χ0) is 14.4. The molecule has 1 fully saturated rings. The summed E-state index contributed by atoms with van der Waals surface area (Å²) in [6, 6.07) is 5.26. The lowest BCUT2D eigenvalue weighted by atomic mass is 9.94. The maximum atomic E-state index is 11.9. The molecular weight excluding hydrogens is 276 g/mol. The first-order chi connectivity index (χ1) is 9.69. The first-order valence-corrected chi connectivity index (χ1v) is 7.41. The average Bonchev–Trinajstić information content (AvgIpc) is 2.46. The fraction of sp³-hybridized carbons (Fsp3) is 0.533. The lowest BCUT2D eigenvalue weighted by molar-refractivity contribution is -0.116. The van der Waals surface area contributed by atoms with Crippen LogP contribution >= 0.6 is 11.6 Å². The molecule has 1 unspecified atom stereocenters. The van der Waals surface area contributed by atoms with Gasteiger partial charge >= 0.3 is 0 Å². The minimum absolute atomic E-state index is 0.0387. The fourth-order valence-electron chi connectivity index (χ4n) is 2.47. The van der Waals surface area contributed by atoms with Gasteiger partial charge in [0.05, 0.1) is 12.1 Å². The number of halogens is 1. The summed E-state index contributed by atoms with van der Waals surface area (Å²) in [6.07, 6.45) is 3.91. The van der Waals surface area contributed by atoms with E-state index in [1.807, 2.05) is 0 Å². The molecule has 0 aliphatic carbocycles. The van der Waals surface area contributed by atoms with Gasteiger partial charge in [-0.15, -0.1) is 0 Å². The van der Waals surface area contributed by atoms with Crippen LogP contribution < -0.4 is 15.4 Å². The number of anilines is 1. The molecule has 0 radical (unpaired) electrons. The standard InChI is InChI=1S/C15H21ClN2O2/c1-20-14-6-5-12(9-13(14)16)18-15(19)7-4-11-3-2-8-17-10-11/h5-6,9,11,17H,2-4,7-8,10H2,1H3,(H,18,19).